The second-order valence-electron chi connectivity index (χ2n) is 11.5. The molecule has 1 aliphatic heterocycles. The van der Waals surface area contributed by atoms with Crippen LogP contribution in [0.15, 0.2) is 76.7 Å². The maximum absolute atomic E-state index is 15.6. The average molecular weight is 586 g/mol. The van der Waals surface area contributed by atoms with Crippen LogP contribution in [0.1, 0.15) is 61.4 Å². The van der Waals surface area contributed by atoms with Crippen LogP contribution in [0.2, 0.25) is 5.02 Å². The van der Waals surface area contributed by atoms with Crippen molar-refractivity contribution in [1.29, 1.82) is 0 Å². The number of para-hydroxylation sites is 1. The molecular weight excluding hydrogens is 553 g/mol. The average Bonchev–Trinajstić information content (AvgIpc) is 3.90. The highest BCUT2D eigenvalue weighted by Gasteiger charge is 2.47. The highest BCUT2D eigenvalue weighted by Crippen LogP contribution is 2.49. The maximum Gasteiger partial charge on any atom is 0.273 e. The molecular formula is C33H33ClFN5O2. The molecule has 2 heterocycles. The third-order valence-corrected chi connectivity index (χ3v) is 8.78. The smallest absolute Gasteiger partial charge is 0.273 e. The highest BCUT2D eigenvalue weighted by atomic mass is 35.5. The zero-order valence-corrected chi connectivity index (χ0v) is 24.6. The Kier molecular flexibility index (Phi) is 7.37. The molecule has 2 aromatic carbocycles. The molecule has 3 aliphatic rings. The Labute approximate surface area is 249 Å². The number of halogens is 2. The summed E-state index contributed by atoms with van der Waals surface area (Å²) in [7, 11) is 0. The number of nitrogens with zero attached hydrogens (tertiary/aromatic N) is 3. The van der Waals surface area contributed by atoms with E-state index >= 15 is 4.39 Å². The predicted octanol–water partition coefficient (Wildman–Crippen LogP) is 6.56. The number of fused-ring (bicyclic) bond motifs is 1. The fourth-order valence-corrected chi connectivity index (χ4v) is 5.75. The van der Waals surface area contributed by atoms with Gasteiger partial charge in [-0.3, -0.25) is 19.1 Å². The minimum Gasteiger partial charge on any atom is -0.323 e. The second-order valence-corrected chi connectivity index (χ2v) is 11.8. The van der Waals surface area contributed by atoms with E-state index in [0.717, 1.165) is 31.4 Å². The van der Waals surface area contributed by atoms with Crippen LogP contribution in [0.25, 0.3) is 6.20 Å². The molecule has 2 atom stereocenters. The number of hydrazine groups is 1. The van der Waals surface area contributed by atoms with Crippen LogP contribution < -0.4 is 21.3 Å². The topological polar surface area (TPSA) is 78.7 Å². The lowest BCUT2D eigenvalue weighted by Gasteiger charge is -2.20. The van der Waals surface area contributed by atoms with Crippen LogP contribution in [-0.2, 0) is 11.3 Å². The molecule has 216 valence electrons. The molecule has 0 radical (unpaired) electrons. The van der Waals surface area contributed by atoms with Gasteiger partial charge in [-0.25, -0.2) is 9.82 Å². The number of aromatic nitrogens is 1. The van der Waals surface area contributed by atoms with Crippen molar-refractivity contribution in [3.63, 3.8) is 0 Å². The van der Waals surface area contributed by atoms with E-state index in [2.05, 4.69) is 32.9 Å². The van der Waals surface area contributed by atoms with Gasteiger partial charge in [0.25, 0.3) is 5.56 Å². The van der Waals surface area contributed by atoms with Crippen molar-refractivity contribution < 1.29 is 9.18 Å². The fourth-order valence-electron chi connectivity index (χ4n) is 5.47. The molecule has 2 saturated carbocycles. The molecule has 0 spiro atoms. The first-order valence-corrected chi connectivity index (χ1v) is 14.6. The van der Waals surface area contributed by atoms with Crippen molar-refractivity contribution >= 4 is 40.8 Å². The van der Waals surface area contributed by atoms with E-state index in [-0.39, 0.29) is 39.7 Å². The summed E-state index contributed by atoms with van der Waals surface area (Å²) in [5, 5.41) is 5.10. The quantitative estimate of drug-likeness (QED) is 0.293. The number of aliphatic imine (C=N–C) groups is 1. The van der Waals surface area contributed by atoms with E-state index in [0.29, 0.717) is 11.4 Å². The predicted molar refractivity (Wildman–Crippen MR) is 166 cm³/mol. The summed E-state index contributed by atoms with van der Waals surface area (Å²) < 4.78 is 17.1. The van der Waals surface area contributed by atoms with Gasteiger partial charge >= 0.3 is 0 Å². The molecule has 1 amide bonds. The van der Waals surface area contributed by atoms with Crippen LogP contribution in [0.3, 0.4) is 0 Å². The van der Waals surface area contributed by atoms with Gasteiger partial charge < -0.3 is 10.3 Å². The number of rotatable bonds is 8. The van der Waals surface area contributed by atoms with Gasteiger partial charge in [0.15, 0.2) is 5.82 Å². The van der Waals surface area contributed by atoms with Crippen LogP contribution in [0.5, 0.6) is 0 Å². The van der Waals surface area contributed by atoms with E-state index in [1.54, 1.807) is 36.7 Å². The van der Waals surface area contributed by atoms with Gasteiger partial charge in [-0.1, -0.05) is 48.9 Å². The van der Waals surface area contributed by atoms with Gasteiger partial charge in [-0.05, 0) is 74.6 Å². The van der Waals surface area contributed by atoms with Gasteiger partial charge in [-0.15, -0.1) is 0 Å². The number of amides is 1. The zero-order chi connectivity index (χ0) is 29.6. The van der Waals surface area contributed by atoms with E-state index in [9.17, 15) is 9.59 Å². The Morgan fingerprint density at radius 2 is 2.00 bits per heavy atom. The maximum atomic E-state index is 15.6. The zero-order valence-electron chi connectivity index (χ0n) is 23.8. The molecule has 6 rings (SSSR count). The molecule has 0 saturated heterocycles. The highest BCUT2D eigenvalue weighted by molar-refractivity contribution is 6.31. The van der Waals surface area contributed by atoms with Crippen molar-refractivity contribution in [2.24, 2.45) is 10.4 Å². The van der Waals surface area contributed by atoms with Gasteiger partial charge in [0.2, 0.25) is 5.91 Å². The van der Waals surface area contributed by atoms with Gasteiger partial charge in [0.05, 0.1) is 23.1 Å². The summed E-state index contributed by atoms with van der Waals surface area (Å²) in [6, 6.07) is 15.3. The second kappa shape index (κ2) is 11.0. The van der Waals surface area contributed by atoms with Crippen molar-refractivity contribution in [3.05, 3.63) is 110 Å². The molecule has 9 heteroatoms. The fraction of sp³-hybridized carbons (Fsp3) is 0.303. The molecule has 2 fully saturated rings. The molecule has 1 aromatic heterocycles. The van der Waals surface area contributed by atoms with E-state index in [1.165, 1.54) is 21.9 Å². The lowest BCUT2D eigenvalue weighted by Crippen LogP contribution is -2.35. The van der Waals surface area contributed by atoms with E-state index in [4.69, 9.17) is 11.6 Å². The Hall–Kier alpha value is -4.01. The number of nitrogens with one attached hydrogen (secondary N) is 2. The number of anilines is 2. The Balaban J connectivity index is 1.26. The molecule has 3 aromatic rings. The van der Waals surface area contributed by atoms with Crippen LogP contribution in [-0.4, -0.2) is 22.2 Å². The largest absolute Gasteiger partial charge is 0.323 e. The summed E-state index contributed by atoms with van der Waals surface area (Å²) in [6.45, 7) is 6.31. The monoisotopic (exact) mass is 585 g/mol. The summed E-state index contributed by atoms with van der Waals surface area (Å²) in [5.41, 5.74) is 7.25. The number of carbonyl (C=O) groups is 1. The third-order valence-electron chi connectivity index (χ3n) is 8.40. The van der Waals surface area contributed by atoms with Crippen molar-refractivity contribution in [2.75, 3.05) is 10.3 Å². The SMILES string of the molecule is C/C=C/N=C(/C=C/n1c(C)cc(C2CC2N2NCc3ccccc32)c(Cl)c1=O)c1cccc(NC(=O)C2(C)CC2)c1F. The van der Waals surface area contributed by atoms with Gasteiger partial charge in [0, 0.05) is 41.5 Å². The summed E-state index contributed by atoms with van der Waals surface area (Å²) in [6.07, 6.45) is 8.90. The van der Waals surface area contributed by atoms with Crippen molar-refractivity contribution in [1.82, 2.24) is 9.99 Å². The Morgan fingerprint density at radius 1 is 1.21 bits per heavy atom. The molecule has 42 heavy (non-hydrogen) atoms. The molecule has 7 nitrogen and oxygen atoms in total. The summed E-state index contributed by atoms with van der Waals surface area (Å²) in [4.78, 5) is 30.4. The normalized spacial score (nSPS) is 20.8. The molecule has 2 unspecified atom stereocenters. The first-order valence-electron chi connectivity index (χ1n) is 14.2. The number of hydrogen-bond donors (Lipinski definition) is 2. The first kappa shape index (κ1) is 28.1. The van der Waals surface area contributed by atoms with Crippen LogP contribution in [0.4, 0.5) is 15.8 Å². The lowest BCUT2D eigenvalue weighted by atomic mass is 10.1. The first-order chi connectivity index (χ1) is 20.2. The van der Waals surface area contributed by atoms with Gasteiger partial charge in [-0.2, -0.15) is 0 Å². The molecule has 2 N–H and O–H groups in total. The van der Waals surface area contributed by atoms with Crippen molar-refractivity contribution in [2.45, 2.75) is 58.5 Å². The molecule has 0 bridgehead atoms. The third kappa shape index (κ3) is 5.21. The number of benzene rings is 2. The number of carbonyl (C=O) groups excluding carboxylic acids is 1. The van der Waals surface area contributed by atoms with Crippen LogP contribution >= 0.6 is 11.6 Å². The Morgan fingerprint density at radius 3 is 2.76 bits per heavy atom. The number of aryl methyl sites for hydroxylation is 1. The molecule has 2 aliphatic carbocycles. The number of allylic oxidation sites excluding steroid dienone is 2. The van der Waals surface area contributed by atoms with Crippen molar-refractivity contribution in [3.8, 4) is 0 Å². The van der Waals surface area contributed by atoms with Crippen LogP contribution in [0, 0.1) is 18.2 Å². The number of hydrogen-bond acceptors (Lipinski definition) is 5. The standard InChI is InChI=1S/C33H33ClFN5O2/c1-4-15-36-25(22-9-7-10-26(30(22)35)38-32(42)33(3)13-14-33)12-16-39-20(2)17-24(29(34)31(39)41)23-18-28(23)40-27-11-6-5-8-21(27)19-37-40/h4-12,15-17,23,28,37H,13-14,18-19H2,1-3H3,(H,38,42)/b15-4+,16-12+,36-25-. The number of pyridine rings is 1. The minimum absolute atomic E-state index is 0.0991. The summed E-state index contributed by atoms with van der Waals surface area (Å²) >= 11 is 6.68. The summed E-state index contributed by atoms with van der Waals surface area (Å²) in [5.74, 6) is -0.643. The minimum atomic E-state index is -0.586. The Bertz CT molecular complexity index is 1720. The van der Waals surface area contributed by atoms with E-state index < -0.39 is 11.2 Å². The van der Waals surface area contributed by atoms with E-state index in [1.807, 2.05) is 39.0 Å². The lowest BCUT2D eigenvalue weighted by molar-refractivity contribution is -0.120. The van der Waals surface area contributed by atoms with Gasteiger partial charge in [0.1, 0.15) is 5.02 Å².